The first-order valence-electron chi connectivity index (χ1n) is 4.43. The maximum absolute atomic E-state index is 5.85. The summed E-state index contributed by atoms with van der Waals surface area (Å²) in [6, 6.07) is 8.73. The molecule has 0 bridgehead atoms. The van der Waals surface area contributed by atoms with Gasteiger partial charge in [-0.1, -0.05) is 18.2 Å². The zero-order chi connectivity index (χ0) is 8.39. The van der Waals surface area contributed by atoms with Crippen molar-refractivity contribution in [2.24, 2.45) is 5.73 Å². The lowest BCUT2D eigenvalue weighted by atomic mass is 10.1. The van der Waals surface area contributed by atoms with Gasteiger partial charge in [-0.25, -0.2) is 0 Å². The maximum atomic E-state index is 5.85. The molecule has 0 spiro atoms. The highest BCUT2D eigenvalue weighted by Crippen LogP contribution is 2.19. The summed E-state index contributed by atoms with van der Waals surface area (Å²) in [4.78, 5) is 0. The van der Waals surface area contributed by atoms with Crippen molar-refractivity contribution in [2.45, 2.75) is 18.9 Å². The minimum Gasteiger partial charge on any atom is -0.383 e. The van der Waals surface area contributed by atoms with Crippen LogP contribution in [0, 0.1) is 0 Å². The third-order valence-electron chi connectivity index (χ3n) is 2.36. The number of nitrogens with one attached hydrogen (secondary N) is 1. The van der Waals surface area contributed by atoms with Crippen molar-refractivity contribution in [3.63, 3.8) is 0 Å². The van der Waals surface area contributed by atoms with Gasteiger partial charge in [0.2, 0.25) is 0 Å². The molecule has 1 unspecified atom stereocenters. The van der Waals surface area contributed by atoms with E-state index < -0.39 is 0 Å². The smallest absolute Gasteiger partial charge is 0.0373 e. The highest BCUT2D eigenvalue weighted by molar-refractivity contribution is 5.52. The molecule has 2 nitrogen and oxygen atoms in total. The molecule has 3 N–H and O–H groups in total. The van der Waals surface area contributed by atoms with E-state index in [-0.39, 0.29) is 0 Å². The number of hydrogen-bond donors (Lipinski definition) is 2. The normalized spacial score (nSPS) is 22.2. The van der Waals surface area contributed by atoms with Crippen LogP contribution in [0.5, 0.6) is 0 Å². The lowest BCUT2D eigenvalue weighted by molar-refractivity contribution is 0.652. The van der Waals surface area contributed by atoms with Crippen LogP contribution in [0.2, 0.25) is 0 Å². The third kappa shape index (κ3) is 1.43. The van der Waals surface area contributed by atoms with E-state index in [0.29, 0.717) is 6.04 Å². The Morgan fingerprint density at radius 3 is 3.08 bits per heavy atom. The van der Waals surface area contributed by atoms with Gasteiger partial charge in [0.05, 0.1) is 0 Å². The van der Waals surface area contributed by atoms with E-state index in [2.05, 4.69) is 29.6 Å². The van der Waals surface area contributed by atoms with Gasteiger partial charge in [0.1, 0.15) is 0 Å². The number of nitrogens with two attached hydrogens (primary N) is 1. The average Bonchev–Trinajstić information content (AvgIpc) is 2.29. The zero-order valence-corrected chi connectivity index (χ0v) is 7.09. The van der Waals surface area contributed by atoms with Gasteiger partial charge in [0.25, 0.3) is 0 Å². The van der Waals surface area contributed by atoms with Crippen LogP contribution in [0.15, 0.2) is 24.3 Å². The molecule has 2 rings (SSSR count). The predicted octanol–water partition coefficient (Wildman–Crippen LogP) is 1.37. The van der Waals surface area contributed by atoms with Gasteiger partial charge in [-0.3, -0.25) is 0 Å². The summed E-state index contributed by atoms with van der Waals surface area (Å²) >= 11 is 0. The summed E-state index contributed by atoms with van der Waals surface area (Å²) in [6.45, 7) is 0.900. The molecule has 0 radical (unpaired) electrons. The lowest BCUT2D eigenvalue weighted by Crippen LogP contribution is -2.27. The number of rotatable bonds is 0. The van der Waals surface area contributed by atoms with Crippen molar-refractivity contribution in [2.75, 3.05) is 11.9 Å². The fraction of sp³-hybridized carbons (Fsp3) is 0.400. The van der Waals surface area contributed by atoms with Gasteiger partial charge in [-0.05, 0) is 24.5 Å². The minimum atomic E-state index is 0.303. The Kier molecular flexibility index (Phi) is 2.00. The van der Waals surface area contributed by atoms with Gasteiger partial charge in [0.15, 0.2) is 0 Å². The lowest BCUT2D eigenvalue weighted by Gasteiger charge is -2.07. The van der Waals surface area contributed by atoms with Crippen molar-refractivity contribution < 1.29 is 0 Å². The van der Waals surface area contributed by atoms with Gasteiger partial charge in [-0.2, -0.15) is 0 Å². The molecule has 0 aromatic heterocycles. The molecule has 1 aliphatic rings. The topological polar surface area (TPSA) is 38.0 Å². The highest BCUT2D eigenvalue weighted by Gasteiger charge is 2.10. The molecule has 1 atom stereocenters. The van der Waals surface area contributed by atoms with Crippen LogP contribution in [-0.2, 0) is 6.42 Å². The zero-order valence-electron chi connectivity index (χ0n) is 7.09. The van der Waals surface area contributed by atoms with Crippen LogP contribution < -0.4 is 11.1 Å². The molecule has 1 heterocycles. The minimum absolute atomic E-state index is 0.303. The van der Waals surface area contributed by atoms with Crippen LogP contribution in [0.4, 0.5) is 5.69 Å². The number of anilines is 1. The van der Waals surface area contributed by atoms with E-state index in [4.69, 9.17) is 5.73 Å². The first-order valence-corrected chi connectivity index (χ1v) is 4.43. The molecular weight excluding hydrogens is 148 g/mol. The Bertz CT molecular complexity index is 243. The van der Waals surface area contributed by atoms with Crippen molar-refractivity contribution in [3.05, 3.63) is 29.8 Å². The van der Waals surface area contributed by atoms with E-state index in [0.717, 1.165) is 19.4 Å². The van der Waals surface area contributed by atoms with Crippen molar-refractivity contribution >= 4 is 5.69 Å². The Morgan fingerprint density at radius 1 is 1.33 bits per heavy atom. The van der Waals surface area contributed by atoms with Gasteiger partial charge < -0.3 is 11.1 Å². The van der Waals surface area contributed by atoms with Crippen LogP contribution in [0.3, 0.4) is 0 Å². The second kappa shape index (κ2) is 3.15. The van der Waals surface area contributed by atoms with Crippen LogP contribution in [-0.4, -0.2) is 12.6 Å². The molecule has 0 aliphatic carbocycles. The summed E-state index contributed by atoms with van der Waals surface area (Å²) in [5, 5.41) is 3.35. The standard InChI is InChI=1S/C10H14N2/c11-9-6-5-8-3-1-2-4-10(8)12-7-9/h1-4,9,12H,5-7,11H2. The fourth-order valence-corrected chi connectivity index (χ4v) is 1.59. The van der Waals surface area contributed by atoms with E-state index in [1.807, 2.05) is 0 Å². The summed E-state index contributed by atoms with van der Waals surface area (Å²) in [7, 11) is 0. The summed E-state index contributed by atoms with van der Waals surface area (Å²) in [5.74, 6) is 0. The summed E-state index contributed by atoms with van der Waals surface area (Å²) in [5.41, 5.74) is 8.50. The largest absolute Gasteiger partial charge is 0.383 e. The molecule has 64 valence electrons. The third-order valence-corrected chi connectivity index (χ3v) is 2.36. The molecule has 0 fully saturated rings. The number of para-hydroxylation sites is 1. The first kappa shape index (κ1) is 7.62. The highest BCUT2D eigenvalue weighted by atomic mass is 14.9. The Balaban J connectivity index is 2.26. The molecule has 0 saturated heterocycles. The fourth-order valence-electron chi connectivity index (χ4n) is 1.59. The second-order valence-corrected chi connectivity index (χ2v) is 3.34. The molecule has 2 heteroatoms. The quantitative estimate of drug-likeness (QED) is 0.604. The van der Waals surface area contributed by atoms with E-state index >= 15 is 0 Å². The van der Waals surface area contributed by atoms with Crippen molar-refractivity contribution in [1.29, 1.82) is 0 Å². The number of fused-ring (bicyclic) bond motifs is 1. The van der Waals surface area contributed by atoms with Crippen molar-refractivity contribution in [1.82, 2.24) is 0 Å². The number of aryl methyl sites for hydroxylation is 1. The molecule has 1 aromatic carbocycles. The van der Waals surface area contributed by atoms with Gasteiger partial charge in [-0.15, -0.1) is 0 Å². The van der Waals surface area contributed by atoms with E-state index in [9.17, 15) is 0 Å². The molecule has 0 saturated carbocycles. The van der Waals surface area contributed by atoms with Crippen LogP contribution in [0.25, 0.3) is 0 Å². The molecule has 0 amide bonds. The van der Waals surface area contributed by atoms with Crippen LogP contribution in [0.1, 0.15) is 12.0 Å². The monoisotopic (exact) mass is 162 g/mol. The Labute approximate surface area is 72.8 Å². The maximum Gasteiger partial charge on any atom is 0.0373 e. The Morgan fingerprint density at radius 2 is 2.17 bits per heavy atom. The second-order valence-electron chi connectivity index (χ2n) is 3.34. The molecule has 1 aromatic rings. The Hall–Kier alpha value is -1.02. The van der Waals surface area contributed by atoms with E-state index in [1.54, 1.807) is 0 Å². The SMILES string of the molecule is NC1CCc2ccccc2NC1. The molecule has 12 heavy (non-hydrogen) atoms. The van der Waals surface area contributed by atoms with Crippen LogP contribution >= 0.6 is 0 Å². The predicted molar refractivity (Wildman–Crippen MR) is 51.2 cm³/mol. The van der Waals surface area contributed by atoms with Gasteiger partial charge >= 0.3 is 0 Å². The number of hydrogen-bond acceptors (Lipinski definition) is 2. The van der Waals surface area contributed by atoms with Crippen molar-refractivity contribution in [3.8, 4) is 0 Å². The molecule has 1 aliphatic heterocycles. The summed E-state index contributed by atoms with van der Waals surface area (Å²) < 4.78 is 0. The number of benzene rings is 1. The van der Waals surface area contributed by atoms with Gasteiger partial charge in [0, 0.05) is 18.3 Å². The summed E-state index contributed by atoms with van der Waals surface area (Å²) in [6.07, 6.45) is 2.19. The average molecular weight is 162 g/mol. The molecular formula is C10H14N2. The first-order chi connectivity index (χ1) is 5.86. The van der Waals surface area contributed by atoms with E-state index in [1.165, 1.54) is 11.3 Å².